The number of aliphatic hydroxyl groups is 1. The maximum absolute atomic E-state index is 12.5. The van der Waals surface area contributed by atoms with Gasteiger partial charge >= 0.3 is 0 Å². The van der Waals surface area contributed by atoms with E-state index in [2.05, 4.69) is 21.2 Å². The number of rotatable bonds is 5. The van der Waals surface area contributed by atoms with Gasteiger partial charge in [-0.1, -0.05) is 27.5 Å². The summed E-state index contributed by atoms with van der Waals surface area (Å²) in [6.45, 7) is 1.87. The van der Waals surface area contributed by atoms with Crippen LogP contribution in [0.1, 0.15) is 23.2 Å². The van der Waals surface area contributed by atoms with E-state index in [1.807, 2.05) is 0 Å². The summed E-state index contributed by atoms with van der Waals surface area (Å²) in [6.07, 6.45) is 2.19. The predicted octanol–water partition coefficient (Wildman–Crippen LogP) is 2.29. The highest BCUT2D eigenvalue weighted by molar-refractivity contribution is 9.10. The van der Waals surface area contributed by atoms with Gasteiger partial charge < -0.3 is 15.3 Å². The van der Waals surface area contributed by atoms with Crippen molar-refractivity contribution in [2.24, 2.45) is 0 Å². The maximum atomic E-state index is 12.5. The van der Waals surface area contributed by atoms with Gasteiger partial charge in [-0.05, 0) is 37.6 Å². The van der Waals surface area contributed by atoms with E-state index in [1.165, 1.54) is 0 Å². The van der Waals surface area contributed by atoms with Gasteiger partial charge in [0.2, 0.25) is 0 Å². The predicted molar refractivity (Wildman–Crippen MR) is 83.2 cm³/mol. The van der Waals surface area contributed by atoms with E-state index >= 15 is 0 Å². The Labute approximate surface area is 132 Å². The number of carbonyl (C=O) groups excluding carboxylic acids is 1. The Balaban J connectivity index is 2.12. The van der Waals surface area contributed by atoms with E-state index in [9.17, 15) is 4.79 Å². The number of nitrogens with zero attached hydrogens (tertiary/aromatic N) is 1. The Kier molecular flexibility index (Phi) is 5.84. The van der Waals surface area contributed by atoms with Crippen LogP contribution in [0.3, 0.4) is 0 Å². The monoisotopic (exact) mass is 360 g/mol. The molecule has 1 aromatic carbocycles. The van der Waals surface area contributed by atoms with Gasteiger partial charge in [-0.15, -0.1) is 0 Å². The van der Waals surface area contributed by atoms with Gasteiger partial charge in [-0.25, -0.2) is 0 Å². The van der Waals surface area contributed by atoms with Gasteiger partial charge in [0.1, 0.15) is 0 Å². The zero-order valence-corrected chi connectivity index (χ0v) is 13.5. The molecule has 0 spiro atoms. The van der Waals surface area contributed by atoms with Crippen LogP contribution in [0.2, 0.25) is 5.02 Å². The summed E-state index contributed by atoms with van der Waals surface area (Å²) in [7, 11) is 0. The maximum Gasteiger partial charge on any atom is 0.255 e. The molecule has 1 atom stereocenters. The molecule has 110 valence electrons. The van der Waals surface area contributed by atoms with E-state index in [0.29, 0.717) is 29.7 Å². The molecule has 1 aliphatic rings. The minimum Gasteiger partial charge on any atom is -0.395 e. The molecule has 0 radical (unpaired) electrons. The molecule has 0 aliphatic carbocycles. The van der Waals surface area contributed by atoms with Crippen LogP contribution in [0.4, 0.5) is 0 Å². The van der Waals surface area contributed by atoms with Crippen molar-refractivity contribution in [3.8, 4) is 0 Å². The number of halogens is 2. The molecule has 2 N–H and O–H groups in total. The van der Waals surface area contributed by atoms with Crippen LogP contribution in [-0.4, -0.2) is 48.2 Å². The summed E-state index contributed by atoms with van der Waals surface area (Å²) in [4.78, 5) is 14.2. The lowest BCUT2D eigenvalue weighted by atomic mass is 10.1. The quantitative estimate of drug-likeness (QED) is 0.846. The van der Waals surface area contributed by atoms with Crippen molar-refractivity contribution < 1.29 is 9.90 Å². The molecule has 0 aromatic heterocycles. The molecule has 1 heterocycles. The molecular weight excluding hydrogens is 344 g/mol. The molecule has 1 aromatic rings. The first-order valence-electron chi connectivity index (χ1n) is 6.70. The number of amides is 1. The van der Waals surface area contributed by atoms with Crippen LogP contribution in [0.15, 0.2) is 22.7 Å². The van der Waals surface area contributed by atoms with Gasteiger partial charge in [0.05, 0.1) is 17.2 Å². The molecule has 4 nitrogen and oxygen atoms in total. The highest BCUT2D eigenvalue weighted by Crippen LogP contribution is 2.23. The third-order valence-electron chi connectivity index (χ3n) is 3.42. The minimum absolute atomic E-state index is 0.0490. The van der Waals surface area contributed by atoms with Crippen molar-refractivity contribution in [2.45, 2.75) is 18.9 Å². The second-order valence-corrected chi connectivity index (χ2v) is 6.22. The standard InChI is InChI=1S/C14H18BrClN2O2/c15-10-3-4-12(13(16)8-10)14(20)18(6-7-19)9-11-2-1-5-17-11/h3-4,8,11,17,19H,1-2,5-7,9H2. The first-order chi connectivity index (χ1) is 9.61. The summed E-state index contributed by atoms with van der Waals surface area (Å²) in [5.41, 5.74) is 0.473. The molecule has 0 saturated carbocycles. The number of hydrogen-bond donors (Lipinski definition) is 2. The van der Waals surface area contributed by atoms with Gasteiger partial charge in [0, 0.05) is 23.6 Å². The average molecular weight is 362 g/mol. The lowest BCUT2D eigenvalue weighted by molar-refractivity contribution is 0.0706. The molecule has 2 rings (SSSR count). The van der Waals surface area contributed by atoms with E-state index in [-0.39, 0.29) is 12.5 Å². The minimum atomic E-state index is -0.134. The zero-order valence-electron chi connectivity index (χ0n) is 11.1. The number of aliphatic hydroxyl groups excluding tert-OH is 1. The van der Waals surface area contributed by atoms with Crippen molar-refractivity contribution >= 4 is 33.4 Å². The summed E-state index contributed by atoms with van der Waals surface area (Å²) in [5.74, 6) is -0.134. The largest absolute Gasteiger partial charge is 0.395 e. The van der Waals surface area contributed by atoms with Gasteiger partial charge in [-0.3, -0.25) is 4.79 Å². The van der Waals surface area contributed by atoms with Crippen molar-refractivity contribution in [1.29, 1.82) is 0 Å². The smallest absolute Gasteiger partial charge is 0.255 e. The average Bonchev–Trinajstić information content (AvgIpc) is 2.90. The molecular formula is C14H18BrClN2O2. The highest BCUT2D eigenvalue weighted by atomic mass is 79.9. The first kappa shape index (κ1) is 15.8. The van der Waals surface area contributed by atoms with Gasteiger partial charge in [0.25, 0.3) is 5.91 Å². The number of benzene rings is 1. The fourth-order valence-corrected chi connectivity index (χ4v) is 3.16. The van der Waals surface area contributed by atoms with Crippen LogP contribution < -0.4 is 5.32 Å². The molecule has 6 heteroatoms. The van der Waals surface area contributed by atoms with Crippen molar-refractivity contribution in [1.82, 2.24) is 10.2 Å². The lowest BCUT2D eigenvalue weighted by Crippen LogP contribution is -2.42. The molecule has 1 aliphatic heterocycles. The third kappa shape index (κ3) is 3.95. The summed E-state index contributed by atoms with van der Waals surface area (Å²) in [5, 5.41) is 12.9. The number of carbonyl (C=O) groups is 1. The van der Waals surface area contributed by atoms with Gasteiger partial charge in [-0.2, -0.15) is 0 Å². The second kappa shape index (κ2) is 7.41. The Morgan fingerprint density at radius 1 is 1.55 bits per heavy atom. The molecule has 1 fully saturated rings. The van der Waals surface area contributed by atoms with Crippen molar-refractivity contribution in [2.75, 3.05) is 26.2 Å². The van der Waals surface area contributed by atoms with Crippen LogP contribution in [0.25, 0.3) is 0 Å². The number of hydrogen-bond acceptors (Lipinski definition) is 3. The molecule has 1 saturated heterocycles. The van der Waals surface area contributed by atoms with E-state index in [4.69, 9.17) is 16.7 Å². The molecule has 0 bridgehead atoms. The first-order valence-corrected chi connectivity index (χ1v) is 7.87. The number of nitrogens with one attached hydrogen (secondary N) is 1. The Bertz CT molecular complexity index is 478. The highest BCUT2D eigenvalue weighted by Gasteiger charge is 2.23. The topological polar surface area (TPSA) is 52.6 Å². The van der Waals surface area contributed by atoms with Crippen LogP contribution >= 0.6 is 27.5 Å². The van der Waals surface area contributed by atoms with Crippen LogP contribution in [0, 0.1) is 0 Å². The Morgan fingerprint density at radius 2 is 2.35 bits per heavy atom. The van der Waals surface area contributed by atoms with E-state index in [1.54, 1.807) is 23.1 Å². The van der Waals surface area contributed by atoms with Crippen LogP contribution in [0.5, 0.6) is 0 Å². The summed E-state index contributed by atoms with van der Waals surface area (Å²) in [6, 6.07) is 5.52. The van der Waals surface area contributed by atoms with Crippen LogP contribution in [-0.2, 0) is 0 Å². The zero-order chi connectivity index (χ0) is 14.5. The van der Waals surface area contributed by atoms with Crippen molar-refractivity contribution in [3.63, 3.8) is 0 Å². The Morgan fingerprint density at radius 3 is 2.95 bits per heavy atom. The molecule has 1 amide bonds. The molecule has 1 unspecified atom stereocenters. The third-order valence-corrected chi connectivity index (χ3v) is 4.23. The lowest BCUT2D eigenvalue weighted by Gasteiger charge is -2.25. The van der Waals surface area contributed by atoms with E-state index < -0.39 is 0 Å². The second-order valence-electron chi connectivity index (χ2n) is 4.89. The fourth-order valence-electron chi connectivity index (χ4n) is 2.41. The fraction of sp³-hybridized carbons (Fsp3) is 0.500. The normalized spacial score (nSPS) is 18.2. The SMILES string of the molecule is O=C(c1ccc(Br)cc1Cl)N(CCO)CC1CCCN1. The van der Waals surface area contributed by atoms with Crippen molar-refractivity contribution in [3.05, 3.63) is 33.3 Å². The molecule has 20 heavy (non-hydrogen) atoms. The van der Waals surface area contributed by atoms with E-state index in [0.717, 1.165) is 23.9 Å². The Hall–Kier alpha value is -0.620. The van der Waals surface area contributed by atoms with Gasteiger partial charge in [0.15, 0.2) is 0 Å². The summed E-state index contributed by atoms with van der Waals surface area (Å²) < 4.78 is 0.838. The summed E-state index contributed by atoms with van der Waals surface area (Å²) >= 11 is 9.45.